The molecular weight excluding hydrogens is 446 g/mol. The molecule has 0 aliphatic carbocycles. The number of aromatic nitrogens is 2. The fourth-order valence-corrected chi connectivity index (χ4v) is 4.07. The highest BCUT2D eigenvalue weighted by Crippen LogP contribution is 2.27. The van der Waals surface area contributed by atoms with E-state index in [0.29, 0.717) is 0 Å². The minimum absolute atomic E-state index is 0.0722. The third kappa shape index (κ3) is 4.96. The molecule has 4 rings (SSSR count). The van der Waals surface area contributed by atoms with Gasteiger partial charge in [0.15, 0.2) is 5.16 Å². The number of nitrogens with zero attached hydrogens (tertiary/aromatic N) is 2. The van der Waals surface area contributed by atoms with Crippen LogP contribution in [0.25, 0.3) is 16.9 Å². The number of rotatable bonds is 6. The van der Waals surface area contributed by atoms with E-state index >= 15 is 0 Å². The summed E-state index contributed by atoms with van der Waals surface area (Å²) in [7, 11) is 0. The summed E-state index contributed by atoms with van der Waals surface area (Å²) < 4.78 is 2.95. The summed E-state index contributed by atoms with van der Waals surface area (Å²) in [4.78, 5) is 17.2. The topological polar surface area (TPSA) is 46.9 Å². The van der Waals surface area contributed by atoms with Gasteiger partial charge in [-0.3, -0.25) is 9.36 Å². The van der Waals surface area contributed by atoms with E-state index in [1.165, 1.54) is 11.8 Å². The van der Waals surface area contributed by atoms with Gasteiger partial charge in [-0.2, -0.15) is 0 Å². The predicted octanol–water partition coefficient (Wildman–Crippen LogP) is 6.03. The van der Waals surface area contributed by atoms with Crippen LogP contribution in [0.2, 0.25) is 0 Å². The van der Waals surface area contributed by atoms with Crippen LogP contribution in [0.4, 0.5) is 5.69 Å². The summed E-state index contributed by atoms with van der Waals surface area (Å²) in [5, 5.41) is 3.70. The Labute approximate surface area is 182 Å². The van der Waals surface area contributed by atoms with Crippen molar-refractivity contribution in [2.24, 2.45) is 0 Å². The number of halogens is 1. The van der Waals surface area contributed by atoms with Gasteiger partial charge >= 0.3 is 0 Å². The zero-order valence-corrected chi connectivity index (χ0v) is 17.9. The molecule has 1 aromatic heterocycles. The summed E-state index contributed by atoms with van der Waals surface area (Å²) in [6.45, 7) is 0. The van der Waals surface area contributed by atoms with Crippen molar-refractivity contribution in [1.82, 2.24) is 9.55 Å². The molecule has 1 heterocycles. The Morgan fingerprint density at radius 2 is 1.69 bits per heavy atom. The highest BCUT2D eigenvalue weighted by molar-refractivity contribution is 9.10. The smallest absolute Gasteiger partial charge is 0.234 e. The number of anilines is 1. The van der Waals surface area contributed by atoms with Crippen LogP contribution < -0.4 is 5.32 Å². The second-order valence-electron chi connectivity index (χ2n) is 6.33. The third-order valence-electron chi connectivity index (χ3n) is 4.22. The maximum atomic E-state index is 12.4. The van der Waals surface area contributed by atoms with E-state index in [2.05, 4.69) is 21.2 Å². The van der Waals surface area contributed by atoms with Crippen molar-refractivity contribution in [2.45, 2.75) is 5.16 Å². The van der Waals surface area contributed by atoms with Crippen molar-refractivity contribution in [3.63, 3.8) is 0 Å². The van der Waals surface area contributed by atoms with Gasteiger partial charge in [0.05, 0.1) is 11.4 Å². The standard InChI is InChI=1S/C23H18BrN3OS/c24-18-10-7-11-19(14-18)25-22(28)16-29-23-26-21(17-8-3-1-4-9-17)15-27(23)20-12-5-2-6-13-20/h1-15H,16H2,(H,25,28). The number of nitrogens with one attached hydrogen (secondary N) is 1. The largest absolute Gasteiger partial charge is 0.325 e. The summed E-state index contributed by atoms with van der Waals surface area (Å²) >= 11 is 4.84. The lowest BCUT2D eigenvalue weighted by Gasteiger charge is -2.08. The number of hydrogen-bond donors (Lipinski definition) is 1. The summed E-state index contributed by atoms with van der Waals surface area (Å²) in [5.41, 5.74) is 3.70. The Kier molecular flexibility index (Phi) is 6.12. The van der Waals surface area contributed by atoms with Crippen molar-refractivity contribution in [3.8, 4) is 16.9 Å². The van der Waals surface area contributed by atoms with E-state index in [-0.39, 0.29) is 11.7 Å². The van der Waals surface area contributed by atoms with Crippen molar-refractivity contribution < 1.29 is 4.79 Å². The molecule has 0 spiro atoms. The van der Waals surface area contributed by atoms with E-state index in [0.717, 1.165) is 32.3 Å². The molecule has 144 valence electrons. The molecule has 0 radical (unpaired) electrons. The van der Waals surface area contributed by atoms with E-state index in [4.69, 9.17) is 4.98 Å². The average Bonchev–Trinajstić information content (AvgIpc) is 3.18. The molecular formula is C23H18BrN3OS. The van der Waals surface area contributed by atoms with Gasteiger partial charge in [0.1, 0.15) is 0 Å². The molecule has 0 aliphatic heterocycles. The lowest BCUT2D eigenvalue weighted by atomic mass is 10.2. The summed E-state index contributed by atoms with van der Waals surface area (Å²) in [6, 6.07) is 27.6. The number of hydrogen-bond acceptors (Lipinski definition) is 3. The van der Waals surface area contributed by atoms with Crippen LogP contribution in [0.3, 0.4) is 0 Å². The van der Waals surface area contributed by atoms with Gasteiger partial charge < -0.3 is 5.32 Å². The fraction of sp³-hybridized carbons (Fsp3) is 0.0435. The van der Waals surface area contributed by atoms with Crippen LogP contribution in [-0.2, 0) is 4.79 Å². The van der Waals surface area contributed by atoms with Gasteiger partial charge in [-0.05, 0) is 30.3 Å². The Balaban J connectivity index is 1.55. The Bertz CT molecular complexity index is 1110. The van der Waals surface area contributed by atoms with Crippen LogP contribution in [-0.4, -0.2) is 21.2 Å². The zero-order valence-electron chi connectivity index (χ0n) is 15.5. The van der Waals surface area contributed by atoms with Crippen LogP contribution >= 0.6 is 27.7 Å². The first-order valence-corrected chi connectivity index (χ1v) is 10.9. The van der Waals surface area contributed by atoms with Gasteiger partial charge in [-0.1, -0.05) is 82.3 Å². The molecule has 0 aliphatic rings. The number of amides is 1. The van der Waals surface area contributed by atoms with Gasteiger partial charge in [-0.15, -0.1) is 0 Å². The highest BCUT2D eigenvalue weighted by atomic mass is 79.9. The molecule has 4 nitrogen and oxygen atoms in total. The first kappa shape index (κ1) is 19.5. The van der Waals surface area contributed by atoms with E-state index in [1.807, 2.05) is 95.7 Å². The first-order chi connectivity index (χ1) is 14.2. The van der Waals surface area contributed by atoms with E-state index < -0.39 is 0 Å². The molecule has 29 heavy (non-hydrogen) atoms. The van der Waals surface area contributed by atoms with Crippen molar-refractivity contribution in [1.29, 1.82) is 0 Å². The Morgan fingerprint density at radius 3 is 2.41 bits per heavy atom. The number of thioether (sulfide) groups is 1. The van der Waals surface area contributed by atoms with Crippen molar-refractivity contribution in [2.75, 3.05) is 11.1 Å². The predicted molar refractivity (Wildman–Crippen MR) is 122 cm³/mol. The van der Waals surface area contributed by atoms with Gasteiger partial charge in [-0.25, -0.2) is 4.98 Å². The van der Waals surface area contributed by atoms with Crippen LogP contribution in [0, 0.1) is 0 Å². The number of carbonyl (C=O) groups excluding carboxylic acids is 1. The van der Waals surface area contributed by atoms with Crippen LogP contribution in [0.15, 0.2) is 101 Å². The SMILES string of the molecule is O=C(CSc1nc(-c2ccccc2)cn1-c1ccccc1)Nc1cccc(Br)c1. The Hall–Kier alpha value is -2.83. The molecule has 0 saturated heterocycles. The molecule has 0 bridgehead atoms. The van der Waals surface area contributed by atoms with Gasteiger partial charge in [0.25, 0.3) is 0 Å². The third-order valence-corrected chi connectivity index (χ3v) is 5.66. The molecule has 0 unspecified atom stereocenters. The van der Waals surface area contributed by atoms with E-state index in [9.17, 15) is 4.79 Å². The number of para-hydroxylation sites is 1. The van der Waals surface area contributed by atoms with Crippen LogP contribution in [0.5, 0.6) is 0 Å². The Morgan fingerprint density at radius 1 is 0.966 bits per heavy atom. The number of carbonyl (C=O) groups is 1. The molecule has 4 aromatic rings. The van der Waals surface area contributed by atoms with Gasteiger partial charge in [0.2, 0.25) is 5.91 Å². The maximum absolute atomic E-state index is 12.4. The quantitative estimate of drug-likeness (QED) is 0.355. The summed E-state index contributed by atoms with van der Waals surface area (Å²) in [5.74, 6) is 0.196. The first-order valence-electron chi connectivity index (χ1n) is 9.07. The van der Waals surface area contributed by atoms with Crippen molar-refractivity contribution >= 4 is 39.3 Å². The average molecular weight is 464 g/mol. The zero-order chi connectivity index (χ0) is 20.1. The lowest BCUT2D eigenvalue weighted by molar-refractivity contribution is -0.113. The molecule has 0 fully saturated rings. The second-order valence-corrected chi connectivity index (χ2v) is 8.19. The number of imidazole rings is 1. The minimum Gasteiger partial charge on any atom is -0.325 e. The van der Waals surface area contributed by atoms with Gasteiger partial charge in [0, 0.05) is 27.6 Å². The van der Waals surface area contributed by atoms with Crippen molar-refractivity contribution in [3.05, 3.63) is 95.6 Å². The molecule has 1 N–H and O–H groups in total. The molecule has 1 amide bonds. The van der Waals surface area contributed by atoms with Crippen LogP contribution in [0.1, 0.15) is 0 Å². The molecule has 6 heteroatoms. The number of benzene rings is 3. The second kappa shape index (κ2) is 9.11. The normalized spacial score (nSPS) is 10.7. The summed E-state index contributed by atoms with van der Waals surface area (Å²) in [6.07, 6.45) is 2.01. The monoisotopic (exact) mass is 463 g/mol. The molecule has 0 atom stereocenters. The van der Waals surface area contributed by atoms with E-state index in [1.54, 1.807) is 0 Å². The lowest BCUT2D eigenvalue weighted by Crippen LogP contribution is -2.14. The highest BCUT2D eigenvalue weighted by Gasteiger charge is 2.13. The molecule has 0 saturated carbocycles. The maximum Gasteiger partial charge on any atom is 0.234 e. The fourth-order valence-electron chi connectivity index (χ4n) is 2.88. The minimum atomic E-state index is -0.0722. The molecule has 3 aromatic carbocycles.